The van der Waals surface area contributed by atoms with E-state index in [1.54, 1.807) is 6.20 Å². The molecule has 2 aromatic rings. The number of carbonyl (C=O) groups is 1. The minimum absolute atomic E-state index is 0.0538. The van der Waals surface area contributed by atoms with E-state index in [9.17, 15) is 4.79 Å². The Bertz CT molecular complexity index is 574. The molecule has 18 heavy (non-hydrogen) atoms. The van der Waals surface area contributed by atoms with Gasteiger partial charge in [0.25, 0.3) is 0 Å². The van der Waals surface area contributed by atoms with Crippen LogP contribution in [-0.4, -0.2) is 22.6 Å². The number of carbonyl (C=O) groups excluding carboxylic acids is 1. The SMILES string of the molecule is Nc1[nH]ncc1-c1ccc(N2CCC(=O)N2)cc1. The maximum Gasteiger partial charge on any atom is 0.240 e. The van der Waals surface area contributed by atoms with Gasteiger partial charge in [-0.25, -0.2) is 0 Å². The number of nitrogens with one attached hydrogen (secondary N) is 2. The zero-order chi connectivity index (χ0) is 12.5. The maximum atomic E-state index is 11.1. The van der Waals surface area contributed by atoms with Crippen molar-refractivity contribution in [3.63, 3.8) is 0 Å². The number of aromatic nitrogens is 2. The summed E-state index contributed by atoms with van der Waals surface area (Å²) in [6.07, 6.45) is 2.23. The smallest absolute Gasteiger partial charge is 0.240 e. The molecule has 1 fully saturated rings. The predicted octanol–water partition coefficient (Wildman–Crippen LogP) is 0.900. The number of aromatic amines is 1. The summed E-state index contributed by atoms with van der Waals surface area (Å²) in [5.74, 6) is 0.607. The third-order valence-electron chi connectivity index (χ3n) is 2.98. The number of rotatable bonds is 2. The summed E-state index contributed by atoms with van der Waals surface area (Å²) in [7, 11) is 0. The highest BCUT2D eigenvalue weighted by Gasteiger charge is 2.18. The van der Waals surface area contributed by atoms with E-state index in [4.69, 9.17) is 5.73 Å². The molecule has 2 heterocycles. The van der Waals surface area contributed by atoms with E-state index >= 15 is 0 Å². The molecule has 0 bridgehead atoms. The van der Waals surface area contributed by atoms with Gasteiger partial charge in [-0.15, -0.1) is 0 Å². The summed E-state index contributed by atoms with van der Waals surface area (Å²) >= 11 is 0. The Morgan fingerprint density at radius 2 is 2.06 bits per heavy atom. The van der Waals surface area contributed by atoms with Gasteiger partial charge in [-0.3, -0.25) is 20.3 Å². The molecule has 0 unspecified atom stereocenters. The van der Waals surface area contributed by atoms with Crippen LogP contribution in [0.4, 0.5) is 11.5 Å². The van der Waals surface area contributed by atoms with Crippen LogP contribution in [0.1, 0.15) is 6.42 Å². The van der Waals surface area contributed by atoms with Gasteiger partial charge in [0.1, 0.15) is 5.82 Å². The van der Waals surface area contributed by atoms with Gasteiger partial charge in [0.2, 0.25) is 5.91 Å². The van der Waals surface area contributed by atoms with E-state index in [-0.39, 0.29) is 5.91 Å². The monoisotopic (exact) mass is 243 g/mol. The van der Waals surface area contributed by atoms with Crippen molar-refractivity contribution in [3.8, 4) is 11.1 Å². The zero-order valence-corrected chi connectivity index (χ0v) is 9.68. The summed E-state index contributed by atoms with van der Waals surface area (Å²) in [6.45, 7) is 0.700. The highest BCUT2D eigenvalue weighted by Crippen LogP contribution is 2.26. The molecule has 1 aromatic heterocycles. The fourth-order valence-electron chi connectivity index (χ4n) is 2.02. The summed E-state index contributed by atoms with van der Waals surface area (Å²) in [5, 5.41) is 8.43. The second-order valence-electron chi connectivity index (χ2n) is 4.18. The largest absolute Gasteiger partial charge is 0.384 e. The number of amides is 1. The molecule has 1 saturated heterocycles. The highest BCUT2D eigenvalue weighted by molar-refractivity contribution is 5.82. The number of hydrogen-bond acceptors (Lipinski definition) is 4. The Morgan fingerprint density at radius 1 is 1.28 bits per heavy atom. The van der Waals surface area contributed by atoms with Crippen molar-refractivity contribution in [2.45, 2.75) is 6.42 Å². The molecule has 4 N–H and O–H groups in total. The molecule has 0 atom stereocenters. The summed E-state index contributed by atoms with van der Waals surface area (Å²) in [5.41, 5.74) is 11.4. The lowest BCUT2D eigenvalue weighted by molar-refractivity contribution is -0.119. The van der Waals surface area contributed by atoms with Crippen LogP contribution in [0.25, 0.3) is 11.1 Å². The van der Waals surface area contributed by atoms with Crippen molar-refractivity contribution in [3.05, 3.63) is 30.5 Å². The average Bonchev–Trinajstić information content (AvgIpc) is 2.98. The van der Waals surface area contributed by atoms with Crippen molar-refractivity contribution in [1.29, 1.82) is 0 Å². The molecule has 1 aliphatic heterocycles. The van der Waals surface area contributed by atoms with Gasteiger partial charge in [0, 0.05) is 18.5 Å². The minimum atomic E-state index is 0.0538. The van der Waals surface area contributed by atoms with Crippen molar-refractivity contribution >= 4 is 17.4 Å². The lowest BCUT2D eigenvalue weighted by atomic mass is 10.1. The first-order valence-corrected chi connectivity index (χ1v) is 5.70. The van der Waals surface area contributed by atoms with Crippen molar-refractivity contribution < 1.29 is 4.79 Å². The highest BCUT2D eigenvalue weighted by atomic mass is 16.2. The lowest BCUT2D eigenvalue weighted by Gasteiger charge is -2.17. The van der Waals surface area contributed by atoms with Crippen molar-refractivity contribution in [2.24, 2.45) is 0 Å². The number of hydrogen-bond donors (Lipinski definition) is 3. The second-order valence-corrected chi connectivity index (χ2v) is 4.18. The lowest BCUT2D eigenvalue weighted by Crippen LogP contribution is -2.32. The van der Waals surface area contributed by atoms with Gasteiger partial charge in [-0.1, -0.05) is 12.1 Å². The molecule has 3 rings (SSSR count). The average molecular weight is 243 g/mol. The standard InChI is InChI=1S/C12H13N5O/c13-12-10(7-14-15-12)8-1-3-9(4-2-8)17-6-5-11(18)16-17/h1-4,7H,5-6H2,(H,16,18)(H3,13,14,15). The molecular weight excluding hydrogens is 230 g/mol. The van der Waals surface area contributed by atoms with Crippen molar-refractivity contribution in [1.82, 2.24) is 15.6 Å². The molecule has 0 aliphatic carbocycles. The first kappa shape index (κ1) is 10.6. The number of benzene rings is 1. The first-order valence-electron chi connectivity index (χ1n) is 5.70. The van der Waals surface area contributed by atoms with Gasteiger partial charge in [0.05, 0.1) is 11.9 Å². The molecule has 0 saturated carbocycles. The quantitative estimate of drug-likeness (QED) is 0.731. The molecule has 0 radical (unpaired) electrons. The number of anilines is 2. The molecule has 0 spiro atoms. The Hall–Kier alpha value is -2.50. The third kappa shape index (κ3) is 1.77. The third-order valence-corrected chi connectivity index (χ3v) is 2.98. The topological polar surface area (TPSA) is 87.0 Å². The molecule has 6 heteroatoms. The van der Waals surface area contributed by atoms with E-state index in [1.807, 2.05) is 29.3 Å². The van der Waals surface area contributed by atoms with Gasteiger partial charge < -0.3 is 5.73 Å². The first-order chi connectivity index (χ1) is 8.74. The zero-order valence-electron chi connectivity index (χ0n) is 9.68. The molecule has 1 aromatic carbocycles. The summed E-state index contributed by atoms with van der Waals surface area (Å²) in [4.78, 5) is 11.1. The Morgan fingerprint density at radius 3 is 2.61 bits per heavy atom. The van der Waals surface area contributed by atoms with Gasteiger partial charge in [-0.2, -0.15) is 5.10 Å². The number of nitrogens with two attached hydrogens (primary N) is 1. The van der Waals surface area contributed by atoms with E-state index < -0.39 is 0 Å². The van der Waals surface area contributed by atoms with Gasteiger partial charge >= 0.3 is 0 Å². The van der Waals surface area contributed by atoms with E-state index in [0.717, 1.165) is 16.8 Å². The van der Waals surface area contributed by atoms with Crippen LogP contribution in [-0.2, 0) is 4.79 Å². The van der Waals surface area contributed by atoms with E-state index in [2.05, 4.69) is 15.6 Å². The maximum absolute atomic E-state index is 11.1. The Labute approximate surface area is 104 Å². The Balaban J connectivity index is 1.85. The molecule has 1 aliphatic rings. The minimum Gasteiger partial charge on any atom is -0.384 e. The van der Waals surface area contributed by atoms with Crippen LogP contribution < -0.4 is 16.2 Å². The van der Waals surface area contributed by atoms with Crippen LogP contribution in [0, 0.1) is 0 Å². The van der Waals surface area contributed by atoms with Crippen LogP contribution in [0.5, 0.6) is 0 Å². The number of H-pyrrole nitrogens is 1. The number of nitrogen functional groups attached to an aromatic ring is 1. The van der Waals surface area contributed by atoms with E-state index in [1.165, 1.54) is 0 Å². The molecular formula is C12H13N5O. The summed E-state index contributed by atoms with van der Waals surface area (Å²) < 4.78 is 0. The van der Waals surface area contributed by atoms with Crippen LogP contribution >= 0.6 is 0 Å². The van der Waals surface area contributed by atoms with Gasteiger partial charge in [-0.05, 0) is 17.7 Å². The predicted molar refractivity (Wildman–Crippen MR) is 68.5 cm³/mol. The molecule has 1 amide bonds. The van der Waals surface area contributed by atoms with Crippen molar-refractivity contribution in [2.75, 3.05) is 17.3 Å². The van der Waals surface area contributed by atoms with Gasteiger partial charge in [0.15, 0.2) is 0 Å². The normalized spacial score (nSPS) is 14.9. The number of hydrazine groups is 1. The van der Waals surface area contributed by atoms with Crippen LogP contribution in [0.2, 0.25) is 0 Å². The van der Waals surface area contributed by atoms with Crippen LogP contribution in [0.15, 0.2) is 30.5 Å². The van der Waals surface area contributed by atoms with E-state index in [0.29, 0.717) is 18.8 Å². The molecule has 92 valence electrons. The second kappa shape index (κ2) is 4.06. The molecule has 6 nitrogen and oxygen atoms in total. The summed E-state index contributed by atoms with van der Waals surface area (Å²) in [6, 6.07) is 7.82. The Kier molecular flexibility index (Phi) is 2.40. The van der Waals surface area contributed by atoms with Crippen LogP contribution in [0.3, 0.4) is 0 Å². The fourth-order valence-corrected chi connectivity index (χ4v) is 2.02. The number of nitrogens with zero attached hydrogens (tertiary/aromatic N) is 2. The fraction of sp³-hybridized carbons (Fsp3) is 0.167.